The number of nitrogens with one attached hydrogen (secondary N) is 1. The smallest absolute Gasteiger partial charge is 0.223 e. The molecule has 2 fully saturated rings. The Balaban J connectivity index is 1.25. The molecule has 0 atom stereocenters. The number of piperidine rings is 2. The summed E-state index contributed by atoms with van der Waals surface area (Å²) in [5.74, 6) is 3.68. The molecule has 2 saturated heterocycles. The molecule has 2 aromatic rings. The lowest BCUT2D eigenvalue weighted by atomic mass is 9.96. The summed E-state index contributed by atoms with van der Waals surface area (Å²) in [5.41, 5.74) is 1.01. The molecule has 1 N–H and O–H groups in total. The van der Waals surface area contributed by atoms with Crippen molar-refractivity contribution in [2.75, 3.05) is 42.6 Å². The summed E-state index contributed by atoms with van der Waals surface area (Å²) in [5, 5.41) is 12.1. The Labute approximate surface area is 191 Å². The van der Waals surface area contributed by atoms with Crippen molar-refractivity contribution in [3.63, 3.8) is 0 Å². The molecule has 32 heavy (non-hydrogen) atoms. The number of rotatable bonds is 7. The Morgan fingerprint density at radius 1 is 0.969 bits per heavy atom. The molecule has 1 aromatic heterocycles. The Hall–Kier alpha value is -2.83. The highest BCUT2D eigenvalue weighted by molar-refractivity contribution is 5.79. The van der Waals surface area contributed by atoms with Gasteiger partial charge in [0.1, 0.15) is 5.75 Å². The van der Waals surface area contributed by atoms with Gasteiger partial charge in [-0.3, -0.25) is 4.79 Å². The molecule has 0 saturated carbocycles. The number of aromatic nitrogens is 2. The standard InChI is InChI=1S/C25H35N5O2/c1-3-32-22-7-5-4-6-21(22)18-26-25(31)20-12-16-30(17-13-20)24-9-8-23(27-28-24)29-14-10-19(2)11-15-29/h4-9,19-20H,3,10-18H2,1-2H3,(H,26,31). The van der Waals surface area contributed by atoms with E-state index < -0.39 is 0 Å². The number of anilines is 2. The van der Waals surface area contributed by atoms with Crippen LogP contribution in [-0.4, -0.2) is 48.9 Å². The van der Waals surface area contributed by atoms with E-state index in [1.54, 1.807) is 0 Å². The molecule has 1 amide bonds. The normalized spacial score (nSPS) is 17.9. The van der Waals surface area contributed by atoms with Crippen molar-refractivity contribution < 1.29 is 9.53 Å². The average molecular weight is 438 g/mol. The van der Waals surface area contributed by atoms with Gasteiger partial charge in [-0.05, 0) is 56.7 Å². The van der Waals surface area contributed by atoms with Crippen molar-refractivity contribution in [2.45, 2.75) is 46.1 Å². The lowest BCUT2D eigenvalue weighted by Gasteiger charge is -2.33. The SMILES string of the molecule is CCOc1ccccc1CNC(=O)C1CCN(c2ccc(N3CCC(C)CC3)nn2)CC1. The number of carbonyl (C=O) groups is 1. The van der Waals surface area contributed by atoms with Gasteiger partial charge in [-0.15, -0.1) is 10.2 Å². The molecule has 0 spiro atoms. The lowest BCUT2D eigenvalue weighted by molar-refractivity contribution is -0.125. The van der Waals surface area contributed by atoms with Crippen molar-refractivity contribution in [1.29, 1.82) is 0 Å². The van der Waals surface area contributed by atoms with Crippen LogP contribution in [0.4, 0.5) is 11.6 Å². The summed E-state index contributed by atoms with van der Waals surface area (Å²) in [6, 6.07) is 12.0. The maximum absolute atomic E-state index is 12.7. The van der Waals surface area contributed by atoms with Crippen LogP contribution < -0.4 is 19.9 Å². The topological polar surface area (TPSA) is 70.6 Å². The van der Waals surface area contributed by atoms with Gasteiger partial charge in [0, 0.05) is 44.2 Å². The zero-order valence-electron chi connectivity index (χ0n) is 19.3. The summed E-state index contributed by atoms with van der Waals surface area (Å²) in [6.45, 7) is 9.16. The first-order valence-corrected chi connectivity index (χ1v) is 12.0. The number of ether oxygens (including phenoxy) is 1. The summed E-state index contributed by atoms with van der Waals surface area (Å²) in [7, 11) is 0. The van der Waals surface area contributed by atoms with Crippen molar-refractivity contribution in [2.24, 2.45) is 11.8 Å². The number of nitrogens with zero attached hydrogens (tertiary/aromatic N) is 4. The van der Waals surface area contributed by atoms with E-state index in [2.05, 4.69) is 44.4 Å². The quantitative estimate of drug-likeness (QED) is 0.713. The Bertz CT molecular complexity index is 872. The van der Waals surface area contributed by atoms with Gasteiger partial charge in [0.05, 0.1) is 6.61 Å². The molecule has 0 radical (unpaired) electrons. The molecule has 0 aliphatic carbocycles. The van der Waals surface area contributed by atoms with Crippen LogP contribution in [0.1, 0.15) is 45.1 Å². The monoisotopic (exact) mass is 437 g/mol. The minimum atomic E-state index is 0.0353. The van der Waals surface area contributed by atoms with Crippen LogP contribution in [-0.2, 0) is 11.3 Å². The second-order valence-corrected chi connectivity index (χ2v) is 8.94. The maximum Gasteiger partial charge on any atom is 0.223 e. The van der Waals surface area contributed by atoms with Crippen molar-refractivity contribution in [3.05, 3.63) is 42.0 Å². The molecule has 3 heterocycles. The van der Waals surface area contributed by atoms with E-state index in [0.717, 1.165) is 67.9 Å². The van der Waals surface area contributed by atoms with Gasteiger partial charge in [0.15, 0.2) is 11.6 Å². The van der Waals surface area contributed by atoms with Crippen LogP contribution in [0.25, 0.3) is 0 Å². The van der Waals surface area contributed by atoms with Crippen molar-refractivity contribution in [1.82, 2.24) is 15.5 Å². The molecule has 172 valence electrons. The molecule has 4 rings (SSSR count). The number of amides is 1. The predicted molar refractivity (Wildman–Crippen MR) is 127 cm³/mol. The van der Waals surface area contributed by atoms with E-state index in [-0.39, 0.29) is 11.8 Å². The maximum atomic E-state index is 12.7. The molecular formula is C25H35N5O2. The van der Waals surface area contributed by atoms with E-state index >= 15 is 0 Å². The number of carbonyl (C=O) groups excluding carboxylic acids is 1. The van der Waals surface area contributed by atoms with E-state index in [9.17, 15) is 4.79 Å². The van der Waals surface area contributed by atoms with Gasteiger partial charge in [-0.25, -0.2) is 0 Å². The number of para-hydroxylation sites is 1. The van der Waals surface area contributed by atoms with Crippen molar-refractivity contribution >= 4 is 17.5 Å². The predicted octanol–water partition coefficient (Wildman–Crippen LogP) is 3.64. The van der Waals surface area contributed by atoms with E-state index in [4.69, 9.17) is 4.74 Å². The second-order valence-electron chi connectivity index (χ2n) is 8.94. The first-order chi connectivity index (χ1) is 15.6. The molecular weight excluding hydrogens is 402 g/mol. The summed E-state index contributed by atoms with van der Waals surface area (Å²) in [6.07, 6.45) is 4.09. The third kappa shape index (κ3) is 5.50. The van der Waals surface area contributed by atoms with Gasteiger partial charge in [0.25, 0.3) is 0 Å². The highest BCUT2D eigenvalue weighted by atomic mass is 16.5. The highest BCUT2D eigenvalue weighted by Crippen LogP contribution is 2.25. The first-order valence-electron chi connectivity index (χ1n) is 12.0. The van der Waals surface area contributed by atoms with Crippen LogP contribution in [0.15, 0.2) is 36.4 Å². The Kier molecular flexibility index (Phi) is 7.45. The third-order valence-corrected chi connectivity index (χ3v) is 6.66. The van der Waals surface area contributed by atoms with Crippen LogP contribution in [0.5, 0.6) is 5.75 Å². The van der Waals surface area contributed by atoms with Crippen LogP contribution in [0.3, 0.4) is 0 Å². The minimum Gasteiger partial charge on any atom is -0.494 e. The first kappa shape index (κ1) is 22.4. The molecule has 1 aromatic carbocycles. The van der Waals surface area contributed by atoms with Crippen LogP contribution >= 0.6 is 0 Å². The molecule has 2 aliphatic rings. The Morgan fingerprint density at radius 3 is 2.16 bits per heavy atom. The highest BCUT2D eigenvalue weighted by Gasteiger charge is 2.26. The molecule has 2 aliphatic heterocycles. The van der Waals surface area contributed by atoms with Crippen LogP contribution in [0, 0.1) is 11.8 Å². The fourth-order valence-electron chi connectivity index (χ4n) is 4.54. The largest absolute Gasteiger partial charge is 0.494 e. The summed E-state index contributed by atoms with van der Waals surface area (Å²) in [4.78, 5) is 17.3. The van der Waals surface area contributed by atoms with Crippen LogP contribution in [0.2, 0.25) is 0 Å². The van der Waals surface area contributed by atoms with Gasteiger partial charge < -0.3 is 19.9 Å². The zero-order chi connectivity index (χ0) is 22.3. The number of hydrogen-bond acceptors (Lipinski definition) is 6. The summed E-state index contributed by atoms with van der Waals surface area (Å²) < 4.78 is 5.66. The Morgan fingerprint density at radius 2 is 1.56 bits per heavy atom. The van der Waals surface area contributed by atoms with Gasteiger partial charge in [0.2, 0.25) is 5.91 Å². The van der Waals surface area contributed by atoms with Gasteiger partial charge >= 0.3 is 0 Å². The number of benzene rings is 1. The van der Waals surface area contributed by atoms with E-state index in [0.29, 0.717) is 13.2 Å². The molecule has 7 heteroatoms. The van der Waals surface area contributed by atoms with E-state index in [1.807, 2.05) is 31.2 Å². The fourth-order valence-corrected chi connectivity index (χ4v) is 4.54. The average Bonchev–Trinajstić information content (AvgIpc) is 2.84. The summed E-state index contributed by atoms with van der Waals surface area (Å²) >= 11 is 0. The van der Waals surface area contributed by atoms with Gasteiger partial charge in [-0.2, -0.15) is 0 Å². The fraction of sp³-hybridized carbons (Fsp3) is 0.560. The lowest BCUT2D eigenvalue weighted by Crippen LogP contribution is -2.41. The second kappa shape index (κ2) is 10.7. The van der Waals surface area contributed by atoms with Gasteiger partial charge in [-0.1, -0.05) is 25.1 Å². The van der Waals surface area contributed by atoms with E-state index in [1.165, 1.54) is 12.8 Å². The molecule has 7 nitrogen and oxygen atoms in total. The minimum absolute atomic E-state index is 0.0353. The van der Waals surface area contributed by atoms with Crippen molar-refractivity contribution in [3.8, 4) is 5.75 Å². The zero-order valence-corrected chi connectivity index (χ0v) is 19.3. The molecule has 0 unspecified atom stereocenters. The molecule has 0 bridgehead atoms. The third-order valence-electron chi connectivity index (χ3n) is 6.66. The number of hydrogen-bond donors (Lipinski definition) is 1.